The number of ether oxygens (including phenoxy) is 2. The SMILES string of the molecule is CCOC1CCN(C(=NC)NCc2ccc(N(C(=O)OC(C)(C)C)C3CC3)c(C)c2)CC1.I. The summed E-state index contributed by atoms with van der Waals surface area (Å²) in [6, 6.07) is 6.52. The summed E-state index contributed by atoms with van der Waals surface area (Å²) in [5, 5.41) is 3.50. The molecule has 2 aliphatic rings. The van der Waals surface area contributed by atoms with E-state index in [4.69, 9.17) is 9.47 Å². The minimum absolute atomic E-state index is 0. The van der Waals surface area contributed by atoms with Crippen molar-refractivity contribution < 1.29 is 14.3 Å². The maximum atomic E-state index is 12.8. The topological polar surface area (TPSA) is 66.4 Å². The standard InChI is InChI=1S/C25H40N4O3.HI/c1-7-31-21-12-14-28(15-13-21)23(26-6)27-17-19-8-11-22(18(2)16-19)29(20-9-10-20)24(30)32-25(3,4)5;/h8,11,16,20-21H,7,9-10,12-15,17H2,1-6H3,(H,26,27);1H. The average Bonchev–Trinajstić information content (AvgIpc) is 3.55. The molecule has 1 heterocycles. The Balaban J connectivity index is 0.00000385. The number of guanidine groups is 1. The van der Waals surface area contributed by atoms with Crippen molar-refractivity contribution in [1.29, 1.82) is 0 Å². The maximum absolute atomic E-state index is 12.8. The molecule has 8 heteroatoms. The van der Waals surface area contributed by atoms with E-state index in [1.165, 1.54) is 0 Å². The van der Waals surface area contributed by atoms with Crippen LogP contribution in [0.4, 0.5) is 10.5 Å². The number of carbonyl (C=O) groups excluding carboxylic acids is 1. The Labute approximate surface area is 216 Å². The second-order valence-corrected chi connectivity index (χ2v) is 9.74. The Morgan fingerprint density at radius 2 is 1.88 bits per heavy atom. The molecule has 1 aliphatic carbocycles. The fraction of sp³-hybridized carbons (Fsp3) is 0.680. The van der Waals surface area contributed by atoms with Crippen LogP contribution >= 0.6 is 24.0 Å². The van der Waals surface area contributed by atoms with Gasteiger partial charge in [-0.2, -0.15) is 0 Å². The number of carbonyl (C=O) groups is 1. The summed E-state index contributed by atoms with van der Waals surface area (Å²) in [5.41, 5.74) is 2.67. The minimum atomic E-state index is -0.505. The van der Waals surface area contributed by atoms with Crippen LogP contribution in [0.2, 0.25) is 0 Å². The van der Waals surface area contributed by atoms with Gasteiger partial charge in [-0.1, -0.05) is 12.1 Å². The van der Waals surface area contributed by atoms with Crippen molar-refractivity contribution in [3.8, 4) is 0 Å². The third-order valence-corrected chi connectivity index (χ3v) is 5.83. The summed E-state index contributed by atoms with van der Waals surface area (Å²) in [4.78, 5) is 21.4. The van der Waals surface area contributed by atoms with Crippen LogP contribution in [0.5, 0.6) is 0 Å². The summed E-state index contributed by atoms with van der Waals surface area (Å²) in [6.07, 6.45) is 4.22. The molecule has 7 nitrogen and oxygen atoms in total. The zero-order chi connectivity index (χ0) is 23.3. The highest BCUT2D eigenvalue weighted by Gasteiger charge is 2.37. The lowest BCUT2D eigenvalue weighted by Gasteiger charge is -2.34. The number of hydrogen-bond donors (Lipinski definition) is 1. The van der Waals surface area contributed by atoms with Crippen LogP contribution in [-0.2, 0) is 16.0 Å². The number of aryl methyl sites for hydroxylation is 1. The number of hydrogen-bond acceptors (Lipinski definition) is 4. The summed E-state index contributed by atoms with van der Waals surface area (Å²) in [6.45, 7) is 13.2. The third-order valence-electron chi connectivity index (χ3n) is 5.83. The van der Waals surface area contributed by atoms with E-state index in [2.05, 4.69) is 41.2 Å². The van der Waals surface area contributed by atoms with Crippen molar-refractivity contribution in [3.05, 3.63) is 29.3 Å². The van der Waals surface area contributed by atoms with Gasteiger partial charge in [0.2, 0.25) is 0 Å². The molecular formula is C25H41IN4O3. The van der Waals surface area contributed by atoms with Crippen LogP contribution < -0.4 is 10.2 Å². The number of halogens is 1. The molecule has 1 saturated heterocycles. The molecule has 3 rings (SSSR count). The Morgan fingerprint density at radius 3 is 2.39 bits per heavy atom. The van der Waals surface area contributed by atoms with Crippen LogP contribution in [0.3, 0.4) is 0 Å². The highest BCUT2D eigenvalue weighted by atomic mass is 127. The fourth-order valence-electron chi connectivity index (χ4n) is 4.17. The molecular weight excluding hydrogens is 531 g/mol. The maximum Gasteiger partial charge on any atom is 0.415 e. The van der Waals surface area contributed by atoms with E-state index in [0.717, 1.165) is 68.2 Å². The lowest BCUT2D eigenvalue weighted by atomic mass is 10.1. The van der Waals surface area contributed by atoms with Gasteiger partial charge >= 0.3 is 6.09 Å². The first-order chi connectivity index (χ1) is 15.2. The molecule has 186 valence electrons. The molecule has 33 heavy (non-hydrogen) atoms. The number of nitrogens with zero attached hydrogens (tertiary/aromatic N) is 3. The Kier molecular flexibility index (Phi) is 10.3. The third kappa shape index (κ3) is 8.02. The van der Waals surface area contributed by atoms with Gasteiger partial charge in [-0.25, -0.2) is 4.79 Å². The van der Waals surface area contributed by atoms with Crippen molar-refractivity contribution in [1.82, 2.24) is 10.2 Å². The van der Waals surface area contributed by atoms with Gasteiger partial charge in [-0.3, -0.25) is 9.89 Å². The summed E-state index contributed by atoms with van der Waals surface area (Å²) in [7, 11) is 1.83. The van der Waals surface area contributed by atoms with Crippen LogP contribution in [0.15, 0.2) is 23.2 Å². The van der Waals surface area contributed by atoms with E-state index >= 15 is 0 Å². The van der Waals surface area contributed by atoms with Crippen LogP contribution in [-0.4, -0.2) is 61.4 Å². The molecule has 1 saturated carbocycles. The molecule has 0 radical (unpaired) electrons. The highest BCUT2D eigenvalue weighted by Crippen LogP contribution is 2.35. The Hall–Kier alpha value is -1.55. The zero-order valence-electron chi connectivity index (χ0n) is 21.0. The van der Waals surface area contributed by atoms with Gasteiger partial charge in [-0.15, -0.1) is 24.0 Å². The van der Waals surface area contributed by atoms with Crippen molar-refractivity contribution in [2.75, 3.05) is 31.6 Å². The average molecular weight is 573 g/mol. The van der Waals surface area contributed by atoms with Gasteiger partial charge in [0.15, 0.2) is 5.96 Å². The molecule has 0 spiro atoms. The predicted molar refractivity (Wildman–Crippen MR) is 145 cm³/mol. The van der Waals surface area contributed by atoms with Gasteiger partial charge < -0.3 is 19.7 Å². The van der Waals surface area contributed by atoms with Gasteiger partial charge in [0.05, 0.1) is 11.8 Å². The lowest BCUT2D eigenvalue weighted by molar-refractivity contribution is 0.0263. The van der Waals surface area contributed by atoms with E-state index in [-0.39, 0.29) is 36.1 Å². The van der Waals surface area contributed by atoms with Crippen LogP contribution in [0.1, 0.15) is 64.5 Å². The molecule has 0 unspecified atom stereocenters. The molecule has 1 N–H and O–H groups in total. The van der Waals surface area contributed by atoms with Crippen molar-refractivity contribution in [3.63, 3.8) is 0 Å². The number of benzene rings is 1. The van der Waals surface area contributed by atoms with E-state index in [1.54, 1.807) is 0 Å². The molecule has 0 atom stereocenters. The lowest BCUT2D eigenvalue weighted by Crippen LogP contribution is -2.46. The number of nitrogens with one attached hydrogen (secondary N) is 1. The number of amides is 1. The molecule has 0 aromatic heterocycles. The van der Waals surface area contributed by atoms with E-state index in [9.17, 15) is 4.79 Å². The van der Waals surface area contributed by atoms with Crippen molar-refractivity contribution in [2.24, 2.45) is 4.99 Å². The van der Waals surface area contributed by atoms with Crippen molar-refractivity contribution >= 4 is 41.7 Å². The van der Waals surface area contributed by atoms with E-state index in [1.807, 2.05) is 38.8 Å². The molecule has 1 aromatic rings. The largest absolute Gasteiger partial charge is 0.443 e. The normalized spacial score (nSPS) is 17.4. The van der Waals surface area contributed by atoms with E-state index in [0.29, 0.717) is 12.6 Å². The Bertz CT molecular complexity index is 812. The Morgan fingerprint density at radius 1 is 1.21 bits per heavy atom. The van der Waals surface area contributed by atoms with Gasteiger partial charge in [0, 0.05) is 39.3 Å². The molecule has 0 bridgehead atoms. The number of rotatable bonds is 6. The van der Waals surface area contributed by atoms with E-state index < -0.39 is 5.60 Å². The van der Waals surface area contributed by atoms with Gasteiger partial charge in [0.25, 0.3) is 0 Å². The molecule has 1 aliphatic heterocycles. The number of likely N-dealkylation sites (tertiary alicyclic amines) is 1. The summed E-state index contributed by atoms with van der Waals surface area (Å²) >= 11 is 0. The second kappa shape index (κ2) is 12.2. The first-order valence-corrected chi connectivity index (χ1v) is 11.9. The van der Waals surface area contributed by atoms with Crippen molar-refractivity contribution in [2.45, 2.75) is 84.6 Å². The highest BCUT2D eigenvalue weighted by molar-refractivity contribution is 14.0. The fourth-order valence-corrected chi connectivity index (χ4v) is 4.17. The number of anilines is 1. The van der Waals surface area contributed by atoms with Crippen LogP contribution in [0, 0.1) is 6.92 Å². The molecule has 2 fully saturated rings. The smallest absolute Gasteiger partial charge is 0.415 e. The predicted octanol–water partition coefficient (Wildman–Crippen LogP) is 5.09. The monoisotopic (exact) mass is 572 g/mol. The quantitative estimate of drug-likeness (QED) is 0.292. The van der Waals surface area contributed by atoms with Gasteiger partial charge in [0.1, 0.15) is 5.60 Å². The number of aliphatic imine (C=N–C) groups is 1. The van der Waals surface area contributed by atoms with Gasteiger partial charge in [-0.05, 0) is 77.5 Å². The number of piperidine rings is 1. The summed E-state index contributed by atoms with van der Waals surface area (Å²) < 4.78 is 11.4. The minimum Gasteiger partial charge on any atom is -0.443 e. The summed E-state index contributed by atoms with van der Waals surface area (Å²) in [5.74, 6) is 0.926. The first-order valence-electron chi connectivity index (χ1n) is 11.9. The zero-order valence-corrected chi connectivity index (χ0v) is 23.3. The second-order valence-electron chi connectivity index (χ2n) is 9.74. The molecule has 1 aromatic carbocycles. The molecule has 1 amide bonds. The first kappa shape index (κ1) is 27.7. The van der Waals surface area contributed by atoms with Crippen LogP contribution in [0.25, 0.3) is 0 Å².